The van der Waals surface area contributed by atoms with Gasteiger partial charge in [0.05, 0.1) is 28.1 Å². The summed E-state index contributed by atoms with van der Waals surface area (Å²) in [5, 5.41) is 12.4. The highest BCUT2D eigenvalue weighted by Crippen LogP contribution is 2.31. The number of benzene rings is 1. The maximum Gasteiger partial charge on any atom is 0.274 e. The van der Waals surface area contributed by atoms with E-state index in [1.807, 2.05) is 0 Å². The largest absolute Gasteiger partial charge is 0.321 e. The number of fused-ring (bicyclic) bond motifs is 1. The number of sulfone groups is 1. The van der Waals surface area contributed by atoms with Crippen LogP contribution in [0.4, 0.5) is 5.69 Å². The molecule has 3 N–H and O–H groups in total. The van der Waals surface area contributed by atoms with Crippen LogP contribution in [0.15, 0.2) is 29.2 Å². The van der Waals surface area contributed by atoms with Gasteiger partial charge in [-0.1, -0.05) is 0 Å². The van der Waals surface area contributed by atoms with E-state index in [2.05, 4.69) is 10.4 Å². The quantitative estimate of drug-likeness (QED) is 0.737. The fourth-order valence-corrected chi connectivity index (χ4v) is 6.01. The molecule has 4 rings (SSSR count). The van der Waals surface area contributed by atoms with Crippen molar-refractivity contribution in [2.45, 2.75) is 36.6 Å². The zero-order chi connectivity index (χ0) is 20.1. The molecule has 2 heterocycles. The molecular weight excluding hydrogens is 404 g/mol. The van der Waals surface area contributed by atoms with Crippen LogP contribution in [0.2, 0.25) is 0 Å². The molecule has 1 aromatic carbocycles. The number of nitrogens with one attached hydrogen (secondary N) is 1. The summed E-state index contributed by atoms with van der Waals surface area (Å²) in [7, 11) is -6.93. The molecule has 11 heteroatoms. The van der Waals surface area contributed by atoms with E-state index in [0.717, 1.165) is 30.5 Å². The van der Waals surface area contributed by atoms with Gasteiger partial charge in [0.15, 0.2) is 9.84 Å². The van der Waals surface area contributed by atoms with Crippen molar-refractivity contribution in [3.63, 3.8) is 0 Å². The van der Waals surface area contributed by atoms with Gasteiger partial charge in [-0.2, -0.15) is 5.10 Å². The monoisotopic (exact) mass is 424 g/mol. The molecule has 1 aliphatic carbocycles. The Hall–Kier alpha value is -2.24. The van der Waals surface area contributed by atoms with Gasteiger partial charge in [0.25, 0.3) is 5.91 Å². The summed E-state index contributed by atoms with van der Waals surface area (Å²) >= 11 is 0. The number of primary sulfonamides is 1. The first kappa shape index (κ1) is 19.1. The van der Waals surface area contributed by atoms with E-state index in [1.54, 1.807) is 4.68 Å². The summed E-state index contributed by atoms with van der Waals surface area (Å²) in [6.07, 6.45) is 2.84. The molecule has 2 aromatic rings. The van der Waals surface area contributed by atoms with Crippen LogP contribution in [0, 0.1) is 0 Å². The fraction of sp³-hybridized carbons (Fsp3) is 0.412. The molecular formula is C17H20N4O5S2. The van der Waals surface area contributed by atoms with E-state index in [4.69, 9.17) is 5.14 Å². The molecule has 1 amide bonds. The topological polar surface area (TPSA) is 141 Å². The zero-order valence-electron chi connectivity index (χ0n) is 15.0. The van der Waals surface area contributed by atoms with Gasteiger partial charge in [0.1, 0.15) is 5.69 Å². The third-order valence-corrected chi connectivity index (χ3v) is 7.82. The molecule has 0 radical (unpaired) electrons. The average Bonchev–Trinajstić information content (AvgIpc) is 3.27. The van der Waals surface area contributed by atoms with Crippen LogP contribution in [0.5, 0.6) is 0 Å². The molecule has 0 saturated carbocycles. The molecule has 1 saturated heterocycles. The smallest absolute Gasteiger partial charge is 0.274 e. The van der Waals surface area contributed by atoms with Crippen molar-refractivity contribution in [3.8, 4) is 0 Å². The summed E-state index contributed by atoms with van der Waals surface area (Å²) in [5.41, 5.74) is 2.52. The van der Waals surface area contributed by atoms with Gasteiger partial charge >= 0.3 is 0 Å². The maximum atomic E-state index is 13.0. The van der Waals surface area contributed by atoms with E-state index in [-0.39, 0.29) is 28.4 Å². The molecule has 1 aliphatic heterocycles. The Morgan fingerprint density at radius 3 is 2.54 bits per heavy atom. The third-order valence-electron chi connectivity index (χ3n) is 5.14. The van der Waals surface area contributed by atoms with E-state index in [0.29, 0.717) is 17.8 Å². The average molecular weight is 425 g/mol. The normalized spacial score (nSPS) is 20.8. The highest BCUT2D eigenvalue weighted by Gasteiger charge is 2.35. The van der Waals surface area contributed by atoms with Gasteiger partial charge in [-0.05, 0) is 49.9 Å². The number of carbonyl (C=O) groups is 1. The Morgan fingerprint density at radius 1 is 1.21 bits per heavy atom. The summed E-state index contributed by atoms with van der Waals surface area (Å²) in [4.78, 5) is 12.9. The van der Waals surface area contributed by atoms with Crippen molar-refractivity contribution in [2.24, 2.45) is 5.14 Å². The molecule has 1 aromatic heterocycles. The first-order valence-electron chi connectivity index (χ1n) is 8.89. The van der Waals surface area contributed by atoms with E-state index in [9.17, 15) is 21.6 Å². The van der Waals surface area contributed by atoms with Crippen molar-refractivity contribution in [1.82, 2.24) is 9.78 Å². The number of aryl methyl sites for hydroxylation is 1. The van der Waals surface area contributed by atoms with Crippen LogP contribution in [0.1, 0.15) is 40.6 Å². The number of anilines is 1. The number of nitrogens with zero attached hydrogens (tertiary/aromatic N) is 2. The van der Waals surface area contributed by atoms with Crippen molar-refractivity contribution in [1.29, 1.82) is 0 Å². The summed E-state index contributed by atoms with van der Waals surface area (Å²) in [6.45, 7) is 0. The van der Waals surface area contributed by atoms with Gasteiger partial charge in [0, 0.05) is 11.3 Å². The van der Waals surface area contributed by atoms with Gasteiger partial charge in [-0.15, -0.1) is 0 Å². The van der Waals surface area contributed by atoms with Crippen molar-refractivity contribution < 1.29 is 21.6 Å². The van der Waals surface area contributed by atoms with Gasteiger partial charge < -0.3 is 5.32 Å². The summed E-state index contributed by atoms with van der Waals surface area (Å²) < 4.78 is 48.0. The first-order valence-corrected chi connectivity index (χ1v) is 12.3. The fourth-order valence-electron chi connectivity index (χ4n) is 3.80. The molecule has 0 unspecified atom stereocenters. The summed E-state index contributed by atoms with van der Waals surface area (Å²) in [5.74, 6) is -0.307. The molecule has 1 fully saturated rings. The van der Waals surface area contributed by atoms with Crippen LogP contribution in [0.3, 0.4) is 0 Å². The Kier molecular flexibility index (Phi) is 4.55. The molecule has 150 valence electrons. The minimum Gasteiger partial charge on any atom is -0.321 e. The Morgan fingerprint density at radius 2 is 1.93 bits per heavy atom. The molecule has 28 heavy (non-hydrogen) atoms. The van der Waals surface area contributed by atoms with Crippen molar-refractivity contribution in [3.05, 3.63) is 41.2 Å². The van der Waals surface area contributed by atoms with Crippen molar-refractivity contribution in [2.75, 3.05) is 16.8 Å². The number of nitrogens with two attached hydrogens (primary N) is 1. The van der Waals surface area contributed by atoms with Gasteiger partial charge in [-0.3, -0.25) is 9.48 Å². The second-order valence-electron chi connectivity index (χ2n) is 7.15. The Balaban J connectivity index is 1.64. The lowest BCUT2D eigenvalue weighted by Crippen LogP contribution is -2.23. The highest BCUT2D eigenvalue weighted by molar-refractivity contribution is 7.91. The molecule has 1 atom stereocenters. The lowest BCUT2D eigenvalue weighted by Gasteiger charge is -2.15. The van der Waals surface area contributed by atoms with Crippen molar-refractivity contribution >= 4 is 31.5 Å². The third kappa shape index (κ3) is 3.56. The Labute approximate surface area is 162 Å². The van der Waals surface area contributed by atoms with Crippen LogP contribution >= 0.6 is 0 Å². The molecule has 0 bridgehead atoms. The minimum atomic E-state index is -3.81. The first-order chi connectivity index (χ1) is 13.1. The number of rotatable bonds is 4. The predicted molar refractivity (Wildman–Crippen MR) is 102 cm³/mol. The number of sulfonamides is 1. The molecule has 2 aliphatic rings. The highest BCUT2D eigenvalue weighted by atomic mass is 32.2. The van der Waals surface area contributed by atoms with E-state index < -0.39 is 19.9 Å². The maximum absolute atomic E-state index is 13.0. The SMILES string of the molecule is NS(=O)(=O)c1ccc(NC(=O)c2c3c(nn2[C@@H]2CCS(=O)(=O)C2)CCC3)cc1. The lowest BCUT2D eigenvalue weighted by atomic mass is 10.1. The summed E-state index contributed by atoms with van der Waals surface area (Å²) in [6, 6.07) is 5.20. The number of aromatic nitrogens is 2. The molecule has 0 spiro atoms. The lowest BCUT2D eigenvalue weighted by molar-refractivity contribution is 0.101. The number of hydrogen-bond acceptors (Lipinski definition) is 6. The van der Waals surface area contributed by atoms with Crippen LogP contribution in [-0.2, 0) is 32.7 Å². The molecule has 9 nitrogen and oxygen atoms in total. The number of carbonyl (C=O) groups excluding carboxylic acids is 1. The predicted octanol–water partition coefficient (Wildman–Crippen LogP) is 0.631. The minimum absolute atomic E-state index is 0.0170. The van der Waals surface area contributed by atoms with Gasteiger partial charge in [0.2, 0.25) is 10.0 Å². The van der Waals surface area contributed by atoms with Gasteiger partial charge in [-0.25, -0.2) is 22.0 Å². The zero-order valence-corrected chi connectivity index (χ0v) is 16.6. The second-order valence-corrected chi connectivity index (χ2v) is 10.9. The van der Waals surface area contributed by atoms with E-state index >= 15 is 0 Å². The van der Waals surface area contributed by atoms with Crippen LogP contribution in [-0.4, -0.2) is 44.0 Å². The van der Waals surface area contributed by atoms with Crippen LogP contribution < -0.4 is 10.5 Å². The van der Waals surface area contributed by atoms with E-state index in [1.165, 1.54) is 24.3 Å². The number of amides is 1. The second kappa shape index (κ2) is 6.68. The van der Waals surface area contributed by atoms with Crippen LogP contribution in [0.25, 0.3) is 0 Å². The standard InChI is InChI=1S/C17H20N4O5S2/c18-28(25,26)13-6-4-11(5-7-13)19-17(22)16-14-2-1-3-15(14)20-21(16)12-8-9-27(23,24)10-12/h4-7,12H,1-3,8-10H2,(H,19,22)(H2,18,25,26)/t12-/m1/s1. The number of hydrogen-bond donors (Lipinski definition) is 2. The Bertz CT molecular complexity index is 1150.